The molecule has 1 fully saturated rings. The molecular weight excluding hydrogens is 306 g/mol. The van der Waals surface area contributed by atoms with Crippen LogP contribution in [0.25, 0.3) is 0 Å². The van der Waals surface area contributed by atoms with Gasteiger partial charge in [-0.1, -0.05) is 19.0 Å². The molecule has 24 heavy (non-hydrogen) atoms. The van der Waals surface area contributed by atoms with E-state index in [1.807, 2.05) is 24.0 Å². The fourth-order valence-corrected chi connectivity index (χ4v) is 3.39. The van der Waals surface area contributed by atoms with Gasteiger partial charge in [0.2, 0.25) is 0 Å². The molecule has 1 saturated heterocycles. The van der Waals surface area contributed by atoms with E-state index in [1.54, 1.807) is 13.2 Å². The van der Waals surface area contributed by atoms with Crippen molar-refractivity contribution in [2.24, 2.45) is 5.92 Å². The molecule has 130 valence electrons. The first kappa shape index (κ1) is 16.8. The minimum atomic E-state index is 0.0302. The van der Waals surface area contributed by atoms with Crippen LogP contribution in [-0.2, 0) is 6.54 Å². The fourth-order valence-electron chi connectivity index (χ4n) is 3.39. The molecular formula is C18H25N3O3. The molecule has 0 spiro atoms. The first-order chi connectivity index (χ1) is 11.5. The third-order valence-electron chi connectivity index (χ3n) is 4.74. The lowest BCUT2D eigenvalue weighted by atomic mass is 9.98. The Morgan fingerprint density at radius 3 is 2.75 bits per heavy atom. The zero-order chi connectivity index (χ0) is 17.3. The van der Waals surface area contributed by atoms with Crippen LogP contribution in [0.1, 0.15) is 41.4 Å². The highest BCUT2D eigenvalue weighted by molar-refractivity contribution is 5.96. The standard InChI is InChI=1S/C18H25N3O3/c1-12(2)16-11-20(10-15-6-5-9-23-15)7-8-21(16)18(22)17-13(3)19-24-14(17)4/h5-6,9,12,16H,7-8,10-11H2,1-4H3/t16-/m1/s1. The number of carbonyl (C=O) groups excluding carboxylic acids is 1. The van der Waals surface area contributed by atoms with Gasteiger partial charge in [0.25, 0.3) is 5.91 Å². The summed E-state index contributed by atoms with van der Waals surface area (Å²) in [5, 5.41) is 3.92. The van der Waals surface area contributed by atoms with Crippen LogP contribution < -0.4 is 0 Å². The zero-order valence-corrected chi connectivity index (χ0v) is 14.8. The molecule has 1 atom stereocenters. The number of amides is 1. The van der Waals surface area contributed by atoms with Gasteiger partial charge in [0.05, 0.1) is 18.5 Å². The third-order valence-corrected chi connectivity index (χ3v) is 4.74. The van der Waals surface area contributed by atoms with E-state index in [1.165, 1.54) is 0 Å². The predicted octanol–water partition coefficient (Wildman–Crippen LogP) is 2.87. The smallest absolute Gasteiger partial charge is 0.259 e. The molecule has 1 aliphatic rings. The van der Waals surface area contributed by atoms with E-state index in [4.69, 9.17) is 8.94 Å². The van der Waals surface area contributed by atoms with E-state index in [0.29, 0.717) is 29.5 Å². The first-order valence-electron chi connectivity index (χ1n) is 8.46. The van der Waals surface area contributed by atoms with Crippen molar-refractivity contribution in [3.8, 4) is 0 Å². The highest BCUT2D eigenvalue weighted by Gasteiger charge is 2.35. The average molecular weight is 331 g/mol. The average Bonchev–Trinajstić information content (AvgIpc) is 3.16. The van der Waals surface area contributed by atoms with Gasteiger partial charge in [-0.15, -0.1) is 0 Å². The first-order valence-corrected chi connectivity index (χ1v) is 8.46. The van der Waals surface area contributed by atoms with Gasteiger partial charge in [0.1, 0.15) is 17.1 Å². The Labute approximate surface area is 142 Å². The van der Waals surface area contributed by atoms with E-state index >= 15 is 0 Å². The van der Waals surface area contributed by atoms with Crippen molar-refractivity contribution >= 4 is 5.91 Å². The predicted molar refractivity (Wildman–Crippen MR) is 89.6 cm³/mol. The van der Waals surface area contributed by atoms with Crippen molar-refractivity contribution in [1.29, 1.82) is 0 Å². The second-order valence-electron chi connectivity index (χ2n) is 6.82. The second-order valence-corrected chi connectivity index (χ2v) is 6.82. The molecule has 6 heteroatoms. The maximum Gasteiger partial charge on any atom is 0.259 e. The van der Waals surface area contributed by atoms with E-state index in [0.717, 1.165) is 25.4 Å². The van der Waals surface area contributed by atoms with Gasteiger partial charge in [0, 0.05) is 25.7 Å². The molecule has 1 aliphatic heterocycles. The molecule has 0 unspecified atom stereocenters. The van der Waals surface area contributed by atoms with Crippen molar-refractivity contribution in [2.45, 2.75) is 40.3 Å². The van der Waals surface area contributed by atoms with Gasteiger partial charge in [0.15, 0.2) is 0 Å². The minimum Gasteiger partial charge on any atom is -0.468 e. The molecule has 1 amide bonds. The number of hydrogen-bond acceptors (Lipinski definition) is 5. The molecule has 0 aromatic carbocycles. The molecule has 6 nitrogen and oxygen atoms in total. The molecule has 3 heterocycles. The summed E-state index contributed by atoms with van der Waals surface area (Å²) in [6.07, 6.45) is 1.70. The van der Waals surface area contributed by atoms with E-state index in [9.17, 15) is 4.79 Å². The number of furan rings is 1. The van der Waals surface area contributed by atoms with Crippen molar-refractivity contribution in [1.82, 2.24) is 15.0 Å². The lowest BCUT2D eigenvalue weighted by Crippen LogP contribution is -2.56. The molecule has 0 N–H and O–H groups in total. The number of piperazine rings is 1. The number of carbonyl (C=O) groups is 1. The Morgan fingerprint density at radius 2 is 2.17 bits per heavy atom. The zero-order valence-electron chi connectivity index (χ0n) is 14.8. The normalized spacial score (nSPS) is 19.2. The van der Waals surface area contributed by atoms with Crippen molar-refractivity contribution in [3.63, 3.8) is 0 Å². The molecule has 0 aliphatic carbocycles. The Bertz CT molecular complexity index is 671. The summed E-state index contributed by atoms with van der Waals surface area (Å²) in [6.45, 7) is 11.1. The quantitative estimate of drug-likeness (QED) is 0.862. The van der Waals surface area contributed by atoms with Crippen molar-refractivity contribution in [3.05, 3.63) is 41.2 Å². The van der Waals surface area contributed by atoms with Crippen LogP contribution in [0.4, 0.5) is 0 Å². The van der Waals surface area contributed by atoms with Gasteiger partial charge < -0.3 is 13.8 Å². The summed E-state index contributed by atoms with van der Waals surface area (Å²) >= 11 is 0. The van der Waals surface area contributed by atoms with Crippen molar-refractivity contribution in [2.75, 3.05) is 19.6 Å². The van der Waals surface area contributed by atoms with Crippen LogP contribution in [0.3, 0.4) is 0 Å². The summed E-state index contributed by atoms with van der Waals surface area (Å²) in [4.78, 5) is 17.4. The number of aromatic nitrogens is 1. The SMILES string of the molecule is Cc1noc(C)c1C(=O)N1CCN(Cc2ccco2)C[C@@H]1C(C)C. The lowest BCUT2D eigenvalue weighted by Gasteiger charge is -2.43. The number of nitrogens with zero attached hydrogens (tertiary/aromatic N) is 3. The Balaban J connectivity index is 1.76. The van der Waals surface area contributed by atoms with Gasteiger partial charge in [-0.05, 0) is 31.9 Å². The largest absolute Gasteiger partial charge is 0.468 e. The van der Waals surface area contributed by atoms with Crippen LogP contribution in [0, 0.1) is 19.8 Å². The Kier molecular flexibility index (Phi) is 4.76. The Morgan fingerprint density at radius 1 is 1.38 bits per heavy atom. The molecule has 3 rings (SSSR count). The highest BCUT2D eigenvalue weighted by Crippen LogP contribution is 2.23. The molecule has 0 bridgehead atoms. The summed E-state index contributed by atoms with van der Waals surface area (Å²) in [7, 11) is 0. The van der Waals surface area contributed by atoms with Crippen LogP contribution in [-0.4, -0.2) is 46.5 Å². The van der Waals surface area contributed by atoms with Gasteiger partial charge in [-0.25, -0.2) is 0 Å². The third kappa shape index (κ3) is 3.24. The van der Waals surface area contributed by atoms with Crippen LogP contribution in [0.5, 0.6) is 0 Å². The number of rotatable bonds is 4. The van der Waals surface area contributed by atoms with E-state index in [-0.39, 0.29) is 11.9 Å². The summed E-state index contributed by atoms with van der Waals surface area (Å²) in [5.74, 6) is 1.96. The summed E-state index contributed by atoms with van der Waals surface area (Å²) in [6, 6.07) is 4.06. The van der Waals surface area contributed by atoms with Gasteiger partial charge in [-0.3, -0.25) is 9.69 Å². The molecule has 2 aromatic rings. The van der Waals surface area contributed by atoms with Crippen LogP contribution >= 0.6 is 0 Å². The van der Waals surface area contributed by atoms with Crippen molar-refractivity contribution < 1.29 is 13.7 Å². The van der Waals surface area contributed by atoms with Crippen LogP contribution in [0.2, 0.25) is 0 Å². The summed E-state index contributed by atoms with van der Waals surface area (Å²) < 4.78 is 10.6. The fraction of sp³-hybridized carbons (Fsp3) is 0.556. The molecule has 2 aromatic heterocycles. The number of hydrogen-bond donors (Lipinski definition) is 0. The van der Waals surface area contributed by atoms with Crippen LogP contribution in [0.15, 0.2) is 27.3 Å². The lowest BCUT2D eigenvalue weighted by molar-refractivity contribution is 0.0312. The van der Waals surface area contributed by atoms with E-state index in [2.05, 4.69) is 23.9 Å². The monoisotopic (exact) mass is 331 g/mol. The maximum absolute atomic E-state index is 13.0. The minimum absolute atomic E-state index is 0.0302. The van der Waals surface area contributed by atoms with E-state index < -0.39 is 0 Å². The maximum atomic E-state index is 13.0. The second kappa shape index (κ2) is 6.81. The Hall–Kier alpha value is -2.08. The topological polar surface area (TPSA) is 62.7 Å². The molecule has 0 radical (unpaired) electrons. The van der Waals surface area contributed by atoms with Gasteiger partial charge in [-0.2, -0.15) is 0 Å². The highest BCUT2D eigenvalue weighted by atomic mass is 16.5. The summed E-state index contributed by atoms with van der Waals surface area (Å²) in [5.41, 5.74) is 1.28. The van der Waals surface area contributed by atoms with Gasteiger partial charge >= 0.3 is 0 Å². The molecule has 0 saturated carbocycles. The number of aryl methyl sites for hydroxylation is 2.